The molecule has 8 heteroatoms. The number of fused-ring (bicyclic) bond motifs is 1. The number of halogens is 1. The molecule has 0 bridgehead atoms. The molecular weight excluding hydrogens is 431 g/mol. The molecule has 1 amide bonds. The van der Waals surface area contributed by atoms with Gasteiger partial charge in [0.15, 0.2) is 0 Å². The average molecular weight is 455 g/mol. The zero-order valence-electron chi connectivity index (χ0n) is 18.6. The number of carbonyl (C=O) groups is 1. The molecule has 2 fully saturated rings. The minimum absolute atomic E-state index is 0.127. The average Bonchev–Trinajstić information content (AvgIpc) is 3.50. The van der Waals surface area contributed by atoms with Gasteiger partial charge in [0.25, 0.3) is 5.91 Å². The third kappa shape index (κ3) is 3.54. The van der Waals surface area contributed by atoms with Gasteiger partial charge in [-0.05, 0) is 61.4 Å². The number of amides is 1. The van der Waals surface area contributed by atoms with Crippen LogP contribution in [0.1, 0.15) is 47.3 Å². The Balaban J connectivity index is 1.31. The molecule has 1 saturated carbocycles. The number of nitrogens with one attached hydrogen (secondary N) is 2. The number of aromatic nitrogens is 2. The fraction of sp³-hybridized carbons (Fsp3) is 0.308. The number of rotatable bonds is 4. The van der Waals surface area contributed by atoms with Crippen molar-refractivity contribution in [2.45, 2.75) is 32.2 Å². The molecule has 0 unspecified atom stereocenters. The topological polar surface area (TPSA) is 93.9 Å². The molecule has 170 valence electrons. The third-order valence-electron chi connectivity index (χ3n) is 7.26. The van der Waals surface area contributed by atoms with E-state index in [4.69, 9.17) is 0 Å². The van der Waals surface area contributed by atoms with E-state index < -0.39 is 5.82 Å². The fourth-order valence-electron chi connectivity index (χ4n) is 5.03. The molecule has 1 saturated heterocycles. The largest absolute Gasteiger partial charge is 0.357 e. The maximum Gasteiger partial charge on any atom is 0.255 e. The summed E-state index contributed by atoms with van der Waals surface area (Å²) < 4.78 is 14.7. The summed E-state index contributed by atoms with van der Waals surface area (Å²) in [4.78, 5) is 24.0. The summed E-state index contributed by atoms with van der Waals surface area (Å²) in [6.45, 7) is 2.32. The van der Waals surface area contributed by atoms with E-state index in [0.29, 0.717) is 33.7 Å². The van der Waals surface area contributed by atoms with E-state index in [9.17, 15) is 14.4 Å². The van der Waals surface area contributed by atoms with Crippen LogP contribution in [0.25, 0.3) is 11.3 Å². The van der Waals surface area contributed by atoms with E-state index in [1.54, 1.807) is 18.3 Å². The first-order chi connectivity index (χ1) is 16.5. The number of anilines is 3. The number of nitriles is 1. The van der Waals surface area contributed by atoms with Gasteiger partial charge in [0.2, 0.25) is 0 Å². The second-order valence-corrected chi connectivity index (χ2v) is 9.35. The molecule has 2 aliphatic heterocycles. The Hall–Kier alpha value is -3.99. The first kappa shape index (κ1) is 20.6. The molecule has 2 aromatic heterocycles. The molecule has 2 N–H and O–H groups in total. The standard InChI is InChI=1S/C26H23FN6O/c27-18-3-1-2-16(13-28)23(18)19-12-20(24-21(32-19)15-30-25(24)34)31-17-4-5-22(29-14-17)33-10-8-26(6-7-26)9-11-33/h1-5,12,14H,6-11,15H2,(H,30,34)(H,31,32). The van der Waals surface area contributed by atoms with E-state index in [-0.39, 0.29) is 23.6 Å². The second kappa shape index (κ2) is 7.80. The van der Waals surface area contributed by atoms with Crippen LogP contribution in [0.2, 0.25) is 0 Å². The Morgan fingerprint density at radius 1 is 1.12 bits per heavy atom. The van der Waals surface area contributed by atoms with Crippen molar-refractivity contribution in [1.29, 1.82) is 5.26 Å². The van der Waals surface area contributed by atoms with Gasteiger partial charge in [-0.25, -0.2) is 14.4 Å². The predicted octanol–water partition coefficient (Wildman–Crippen LogP) is 4.52. The molecule has 3 aromatic rings. The van der Waals surface area contributed by atoms with Crippen molar-refractivity contribution in [3.05, 3.63) is 65.2 Å². The summed E-state index contributed by atoms with van der Waals surface area (Å²) in [6.07, 6.45) is 6.95. The number of pyridine rings is 2. The van der Waals surface area contributed by atoms with Gasteiger partial charge in [0.05, 0.1) is 58.3 Å². The van der Waals surface area contributed by atoms with Gasteiger partial charge in [-0.1, -0.05) is 6.07 Å². The second-order valence-electron chi connectivity index (χ2n) is 9.35. The molecule has 1 aliphatic carbocycles. The van der Waals surface area contributed by atoms with Crippen LogP contribution in [-0.4, -0.2) is 29.0 Å². The normalized spacial score (nSPS) is 17.8. The van der Waals surface area contributed by atoms with Crippen LogP contribution in [0, 0.1) is 22.6 Å². The van der Waals surface area contributed by atoms with Gasteiger partial charge >= 0.3 is 0 Å². The van der Waals surface area contributed by atoms with E-state index >= 15 is 0 Å². The number of nitrogens with zero attached hydrogens (tertiary/aromatic N) is 4. The molecule has 0 atom stereocenters. The first-order valence-electron chi connectivity index (χ1n) is 11.5. The smallest absolute Gasteiger partial charge is 0.255 e. The molecule has 7 nitrogen and oxygen atoms in total. The lowest BCUT2D eigenvalue weighted by Crippen LogP contribution is -2.34. The monoisotopic (exact) mass is 454 g/mol. The Bertz CT molecular complexity index is 1330. The SMILES string of the molecule is N#Cc1cccc(F)c1-c1cc(Nc2ccc(N3CCC4(CC3)CC4)nc2)c2c(n1)CNC2=O. The Labute approximate surface area is 196 Å². The van der Waals surface area contributed by atoms with Gasteiger partial charge in [-0.2, -0.15) is 5.26 Å². The van der Waals surface area contributed by atoms with Crippen LogP contribution in [0.4, 0.5) is 21.6 Å². The lowest BCUT2D eigenvalue weighted by atomic mass is 9.94. The van der Waals surface area contributed by atoms with E-state index in [0.717, 1.165) is 18.9 Å². The summed E-state index contributed by atoms with van der Waals surface area (Å²) in [6, 6.07) is 11.9. The summed E-state index contributed by atoms with van der Waals surface area (Å²) in [7, 11) is 0. The zero-order chi connectivity index (χ0) is 23.3. The van der Waals surface area contributed by atoms with Gasteiger partial charge in [0, 0.05) is 13.1 Å². The number of piperidine rings is 1. The van der Waals surface area contributed by atoms with Gasteiger partial charge < -0.3 is 15.5 Å². The van der Waals surface area contributed by atoms with Crippen molar-refractivity contribution in [1.82, 2.24) is 15.3 Å². The van der Waals surface area contributed by atoms with Crippen molar-refractivity contribution in [2.75, 3.05) is 23.3 Å². The van der Waals surface area contributed by atoms with Crippen LogP contribution >= 0.6 is 0 Å². The summed E-state index contributed by atoms with van der Waals surface area (Å²) in [5.74, 6) is 0.178. The number of carbonyl (C=O) groups excluding carboxylic acids is 1. The van der Waals surface area contributed by atoms with Crippen molar-refractivity contribution in [2.24, 2.45) is 5.41 Å². The Kier molecular flexibility index (Phi) is 4.73. The highest BCUT2D eigenvalue weighted by molar-refractivity contribution is 6.04. The summed E-state index contributed by atoms with van der Waals surface area (Å²) in [5.41, 5.74) is 3.40. The van der Waals surface area contributed by atoms with Crippen LogP contribution in [0.3, 0.4) is 0 Å². The first-order valence-corrected chi connectivity index (χ1v) is 11.5. The highest BCUT2D eigenvalue weighted by Gasteiger charge is 2.44. The number of benzene rings is 1. The molecule has 0 radical (unpaired) electrons. The van der Waals surface area contributed by atoms with E-state index in [2.05, 4.69) is 25.5 Å². The van der Waals surface area contributed by atoms with Crippen LogP contribution < -0.4 is 15.5 Å². The highest BCUT2D eigenvalue weighted by atomic mass is 19.1. The van der Waals surface area contributed by atoms with Gasteiger partial charge in [0.1, 0.15) is 11.6 Å². The van der Waals surface area contributed by atoms with Crippen LogP contribution in [-0.2, 0) is 6.54 Å². The maximum atomic E-state index is 14.7. The minimum Gasteiger partial charge on any atom is -0.357 e. The van der Waals surface area contributed by atoms with Crippen LogP contribution in [0.15, 0.2) is 42.6 Å². The Morgan fingerprint density at radius 3 is 2.65 bits per heavy atom. The molecule has 1 spiro atoms. The van der Waals surface area contributed by atoms with E-state index in [1.807, 2.05) is 18.2 Å². The number of hydrogen-bond acceptors (Lipinski definition) is 6. The highest BCUT2D eigenvalue weighted by Crippen LogP contribution is 2.53. The van der Waals surface area contributed by atoms with Crippen molar-refractivity contribution >= 4 is 23.1 Å². The summed E-state index contributed by atoms with van der Waals surface area (Å²) >= 11 is 0. The molecule has 34 heavy (non-hydrogen) atoms. The van der Waals surface area contributed by atoms with Gasteiger partial charge in [-0.3, -0.25) is 4.79 Å². The maximum absolute atomic E-state index is 14.7. The quantitative estimate of drug-likeness (QED) is 0.602. The van der Waals surface area contributed by atoms with Gasteiger partial charge in [-0.15, -0.1) is 0 Å². The third-order valence-corrected chi connectivity index (χ3v) is 7.26. The molecule has 1 aromatic carbocycles. The zero-order valence-corrected chi connectivity index (χ0v) is 18.6. The summed E-state index contributed by atoms with van der Waals surface area (Å²) in [5, 5.41) is 15.5. The molecule has 4 heterocycles. The van der Waals surface area contributed by atoms with Crippen molar-refractivity contribution in [3.8, 4) is 17.3 Å². The minimum atomic E-state index is -0.532. The molecule has 6 rings (SSSR count). The van der Waals surface area contributed by atoms with E-state index in [1.165, 1.54) is 37.8 Å². The van der Waals surface area contributed by atoms with Crippen molar-refractivity contribution < 1.29 is 9.18 Å². The fourth-order valence-corrected chi connectivity index (χ4v) is 5.03. The molecule has 3 aliphatic rings. The van der Waals surface area contributed by atoms with Crippen molar-refractivity contribution in [3.63, 3.8) is 0 Å². The van der Waals surface area contributed by atoms with Crippen LogP contribution in [0.5, 0.6) is 0 Å². The number of hydrogen-bond donors (Lipinski definition) is 2. The Morgan fingerprint density at radius 2 is 1.94 bits per heavy atom. The predicted molar refractivity (Wildman–Crippen MR) is 126 cm³/mol. The lowest BCUT2D eigenvalue weighted by Gasteiger charge is -2.33. The molecular formula is C26H23FN6O. The lowest BCUT2D eigenvalue weighted by molar-refractivity contribution is 0.0966.